The van der Waals surface area contributed by atoms with Gasteiger partial charge in [-0.05, 0) is 6.92 Å². The highest BCUT2D eigenvalue weighted by Crippen LogP contribution is 2.48. The quantitative estimate of drug-likeness (QED) is 0.687. The van der Waals surface area contributed by atoms with Crippen LogP contribution in [0.5, 0.6) is 0 Å². The van der Waals surface area contributed by atoms with Gasteiger partial charge in [-0.3, -0.25) is 4.57 Å². The Morgan fingerprint density at radius 1 is 1.50 bits per heavy atom. The minimum Gasteiger partial charge on any atom is -0.359 e. The van der Waals surface area contributed by atoms with Gasteiger partial charge in [-0.1, -0.05) is 12.1 Å². The minimum atomic E-state index is -2.93. The van der Waals surface area contributed by atoms with E-state index in [1.165, 1.54) is 6.20 Å². The van der Waals surface area contributed by atoms with E-state index in [-0.39, 0.29) is 6.61 Å². The van der Waals surface area contributed by atoms with Gasteiger partial charge >= 0.3 is 7.60 Å². The maximum absolute atomic E-state index is 11.8. The van der Waals surface area contributed by atoms with Gasteiger partial charge in [0.25, 0.3) is 0 Å². The highest BCUT2D eigenvalue weighted by atomic mass is 31.2. The summed E-state index contributed by atoms with van der Waals surface area (Å²) in [4.78, 5) is 0. The molecule has 0 aliphatic heterocycles. The van der Waals surface area contributed by atoms with Crippen molar-refractivity contribution in [1.82, 2.24) is 5.16 Å². The fourth-order valence-electron chi connectivity index (χ4n) is 0.895. The van der Waals surface area contributed by atoms with E-state index < -0.39 is 7.60 Å². The van der Waals surface area contributed by atoms with E-state index in [1.807, 2.05) is 0 Å². The third kappa shape index (κ3) is 3.25. The molecule has 0 saturated carbocycles. The Balaban J connectivity index is 2.45. The average Bonchev–Trinajstić information content (AvgIpc) is 2.68. The molecule has 0 radical (unpaired) electrons. The normalized spacial score (nSPS) is 15.3. The third-order valence-electron chi connectivity index (χ3n) is 1.61. The zero-order chi connectivity index (χ0) is 10.4. The van der Waals surface area contributed by atoms with Crippen molar-refractivity contribution >= 4 is 7.60 Å². The predicted molar refractivity (Wildman–Crippen MR) is 51.1 cm³/mol. The zero-order valence-electron chi connectivity index (χ0n) is 8.30. The summed E-state index contributed by atoms with van der Waals surface area (Å²) in [7, 11) is -2.93. The van der Waals surface area contributed by atoms with E-state index in [4.69, 9.17) is 13.6 Å². The van der Waals surface area contributed by atoms with Gasteiger partial charge in [0, 0.05) is 12.2 Å². The van der Waals surface area contributed by atoms with Gasteiger partial charge in [0.1, 0.15) is 6.61 Å². The first-order valence-electron chi connectivity index (χ1n) is 4.48. The van der Waals surface area contributed by atoms with Crippen LogP contribution in [0.25, 0.3) is 0 Å². The maximum Gasteiger partial charge on any atom is 0.330 e. The standard InChI is InChI=1S/C8H14NO4P/c1-3-11-14(10,4-2)12-7-8-5-6-9-13-8/h5-6H,3-4,7H2,1-2H3. The SMILES string of the molecule is CCOP(=O)(CC)OCc1ccno1. The first-order valence-corrected chi connectivity index (χ1v) is 6.20. The molecule has 1 heterocycles. The van der Waals surface area contributed by atoms with Crippen molar-refractivity contribution in [3.8, 4) is 0 Å². The van der Waals surface area contributed by atoms with Crippen LogP contribution in [0.2, 0.25) is 0 Å². The molecule has 1 unspecified atom stereocenters. The van der Waals surface area contributed by atoms with Gasteiger partial charge in [0.05, 0.1) is 12.8 Å². The Bertz CT molecular complexity index is 298. The van der Waals surface area contributed by atoms with Crippen molar-refractivity contribution in [1.29, 1.82) is 0 Å². The molecular weight excluding hydrogens is 205 g/mol. The Labute approximate surface area is 82.9 Å². The largest absolute Gasteiger partial charge is 0.359 e. The second-order valence-electron chi connectivity index (χ2n) is 2.60. The molecule has 1 rings (SSSR count). The van der Waals surface area contributed by atoms with Crippen molar-refractivity contribution in [2.45, 2.75) is 20.5 Å². The number of nitrogens with zero attached hydrogens (tertiary/aromatic N) is 1. The van der Waals surface area contributed by atoms with Gasteiger partial charge in [0.2, 0.25) is 0 Å². The Morgan fingerprint density at radius 2 is 2.29 bits per heavy atom. The van der Waals surface area contributed by atoms with Crippen LogP contribution in [0.3, 0.4) is 0 Å². The number of rotatable bonds is 6. The summed E-state index contributed by atoms with van der Waals surface area (Å²) in [6.45, 7) is 4.05. The number of hydrogen-bond donors (Lipinski definition) is 0. The molecule has 0 fully saturated rings. The molecule has 0 bridgehead atoms. The molecule has 0 amide bonds. The predicted octanol–water partition coefficient (Wildman–Crippen LogP) is 2.44. The van der Waals surface area contributed by atoms with E-state index in [0.717, 1.165) is 0 Å². The van der Waals surface area contributed by atoms with E-state index in [9.17, 15) is 4.57 Å². The zero-order valence-corrected chi connectivity index (χ0v) is 9.20. The molecule has 80 valence electrons. The molecule has 14 heavy (non-hydrogen) atoms. The lowest BCUT2D eigenvalue weighted by Crippen LogP contribution is -1.98. The number of hydrogen-bond acceptors (Lipinski definition) is 5. The fraction of sp³-hybridized carbons (Fsp3) is 0.625. The molecule has 1 aromatic heterocycles. The van der Waals surface area contributed by atoms with Crippen molar-refractivity contribution < 1.29 is 18.1 Å². The van der Waals surface area contributed by atoms with Crippen molar-refractivity contribution in [2.75, 3.05) is 12.8 Å². The van der Waals surface area contributed by atoms with Crippen LogP contribution >= 0.6 is 7.60 Å². The Hall–Kier alpha value is -0.640. The van der Waals surface area contributed by atoms with Crippen LogP contribution in [0.1, 0.15) is 19.6 Å². The lowest BCUT2D eigenvalue weighted by molar-refractivity contribution is 0.186. The Morgan fingerprint density at radius 3 is 2.79 bits per heavy atom. The molecule has 0 N–H and O–H groups in total. The van der Waals surface area contributed by atoms with Gasteiger partial charge in [-0.25, -0.2) is 0 Å². The van der Waals surface area contributed by atoms with Crippen LogP contribution in [-0.4, -0.2) is 17.9 Å². The number of aromatic nitrogens is 1. The summed E-state index contributed by atoms with van der Waals surface area (Å²) in [5.74, 6) is 0.540. The molecule has 1 atom stereocenters. The molecule has 0 aliphatic carbocycles. The molecule has 1 aromatic rings. The van der Waals surface area contributed by atoms with Gasteiger partial charge in [-0.15, -0.1) is 0 Å². The van der Waals surface area contributed by atoms with Crippen molar-refractivity contribution in [3.05, 3.63) is 18.0 Å². The molecule has 0 aliphatic rings. The van der Waals surface area contributed by atoms with Crippen molar-refractivity contribution in [2.24, 2.45) is 0 Å². The molecule has 0 saturated heterocycles. The molecule has 5 nitrogen and oxygen atoms in total. The van der Waals surface area contributed by atoms with E-state index in [2.05, 4.69) is 5.16 Å². The topological polar surface area (TPSA) is 61.6 Å². The van der Waals surface area contributed by atoms with Gasteiger partial charge in [-0.2, -0.15) is 0 Å². The summed E-state index contributed by atoms with van der Waals surface area (Å²) in [5.41, 5.74) is 0. The summed E-state index contributed by atoms with van der Waals surface area (Å²) < 4.78 is 26.8. The van der Waals surface area contributed by atoms with Crippen LogP contribution < -0.4 is 0 Å². The second-order valence-corrected chi connectivity index (χ2v) is 4.97. The van der Waals surface area contributed by atoms with Gasteiger partial charge in [0.15, 0.2) is 5.76 Å². The highest BCUT2D eigenvalue weighted by molar-refractivity contribution is 7.53. The van der Waals surface area contributed by atoms with Crippen molar-refractivity contribution in [3.63, 3.8) is 0 Å². The van der Waals surface area contributed by atoms with E-state index >= 15 is 0 Å². The van der Waals surface area contributed by atoms with Gasteiger partial charge < -0.3 is 13.6 Å². The monoisotopic (exact) mass is 219 g/mol. The van der Waals surface area contributed by atoms with E-state index in [1.54, 1.807) is 19.9 Å². The second kappa shape index (κ2) is 5.29. The molecule has 0 aromatic carbocycles. The van der Waals surface area contributed by atoms with Crippen LogP contribution in [0, 0.1) is 0 Å². The summed E-state index contributed by atoms with van der Waals surface area (Å²) in [6.07, 6.45) is 1.87. The molecular formula is C8H14NO4P. The minimum absolute atomic E-state index is 0.130. The lowest BCUT2D eigenvalue weighted by atomic mass is 10.5. The molecule has 0 spiro atoms. The Kier molecular flexibility index (Phi) is 4.32. The first-order chi connectivity index (χ1) is 6.70. The first kappa shape index (κ1) is 11.4. The van der Waals surface area contributed by atoms with Crippen LogP contribution in [0.4, 0.5) is 0 Å². The average molecular weight is 219 g/mol. The summed E-state index contributed by atoms with van der Waals surface area (Å²) in [5, 5.41) is 3.51. The van der Waals surface area contributed by atoms with E-state index in [0.29, 0.717) is 18.5 Å². The third-order valence-corrected chi connectivity index (χ3v) is 3.56. The maximum atomic E-state index is 11.8. The fourth-order valence-corrected chi connectivity index (χ4v) is 2.05. The summed E-state index contributed by atoms with van der Waals surface area (Å²) >= 11 is 0. The van der Waals surface area contributed by atoms with Crippen LogP contribution in [-0.2, 0) is 20.2 Å². The van der Waals surface area contributed by atoms with Crippen LogP contribution in [0.15, 0.2) is 16.8 Å². The smallest absolute Gasteiger partial charge is 0.330 e. The highest BCUT2D eigenvalue weighted by Gasteiger charge is 2.21. The molecule has 6 heteroatoms. The lowest BCUT2D eigenvalue weighted by Gasteiger charge is -2.14. The summed E-state index contributed by atoms with van der Waals surface area (Å²) in [6, 6.07) is 1.66.